The second-order valence-electron chi connectivity index (χ2n) is 8.06. The van der Waals surface area contributed by atoms with Crippen molar-refractivity contribution >= 4 is 27.4 Å². The number of benzene rings is 2. The average Bonchev–Trinajstić information content (AvgIpc) is 3.29. The van der Waals surface area contributed by atoms with Gasteiger partial charge in [0.05, 0.1) is 22.9 Å². The molecule has 0 saturated carbocycles. The number of hydrogen-bond acceptors (Lipinski definition) is 7. The number of rotatable bonds is 7. The molecule has 0 aliphatic carbocycles. The summed E-state index contributed by atoms with van der Waals surface area (Å²) in [6, 6.07) is 20.7. The molecule has 1 aliphatic heterocycles. The molecule has 0 spiro atoms. The predicted molar refractivity (Wildman–Crippen MR) is 131 cm³/mol. The van der Waals surface area contributed by atoms with E-state index in [1.54, 1.807) is 17.7 Å². The number of fused-ring (bicyclic) bond motifs is 1. The highest BCUT2D eigenvalue weighted by molar-refractivity contribution is 7.22. The lowest BCUT2D eigenvalue weighted by Crippen LogP contribution is -2.42. The summed E-state index contributed by atoms with van der Waals surface area (Å²) < 4.78 is 1.00. The van der Waals surface area contributed by atoms with Crippen LogP contribution >= 0.6 is 11.3 Å². The van der Waals surface area contributed by atoms with Crippen LogP contribution in [0.15, 0.2) is 67.0 Å². The number of hydrogen-bond donors (Lipinski definition) is 3. The van der Waals surface area contributed by atoms with Crippen molar-refractivity contribution in [2.75, 3.05) is 38.1 Å². The minimum Gasteiger partial charge on any atom is -0.394 e. The first-order chi connectivity index (χ1) is 15.8. The van der Waals surface area contributed by atoms with Crippen molar-refractivity contribution < 1.29 is 5.11 Å². The van der Waals surface area contributed by atoms with E-state index in [1.807, 2.05) is 30.3 Å². The summed E-state index contributed by atoms with van der Waals surface area (Å²) in [6.45, 7) is 5.32. The summed E-state index contributed by atoms with van der Waals surface area (Å²) in [6.07, 6.45) is 1.58. The van der Waals surface area contributed by atoms with E-state index in [1.165, 1.54) is 11.1 Å². The summed E-state index contributed by atoms with van der Waals surface area (Å²) in [5.41, 5.74) is 4.47. The molecular weight excluding hydrogens is 418 g/mol. The number of anilines is 1. The quantitative estimate of drug-likeness (QED) is 0.401. The van der Waals surface area contributed by atoms with Crippen LogP contribution < -0.4 is 10.6 Å². The van der Waals surface area contributed by atoms with Crippen molar-refractivity contribution in [3.05, 3.63) is 78.1 Å². The topological polar surface area (TPSA) is 73.3 Å². The van der Waals surface area contributed by atoms with Crippen LogP contribution in [0.25, 0.3) is 20.7 Å². The Morgan fingerprint density at radius 2 is 1.81 bits per heavy atom. The standard InChI is InChI=1S/C25H27N5OS/c31-16-22(19-4-2-1-3-5-19)29-25-24-21(27-17-28-25)14-23(32-24)20-8-6-18(7-9-20)15-30-12-10-26-11-13-30/h1-9,14,17,22,26,31H,10-13,15-16H2,(H,27,28,29)/t22-/m1/s1. The molecule has 1 fully saturated rings. The van der Waals surface area contributed by atoms with Gasteiger partial charge in [-0.05, 0) is 22.8 Å². The Morgan fingerprint density at radius 3 is 2.56 bits per heavy atom. The van der Waals surface area contributed by atoms with E-state index in [4.69, 9.17) is 0 Å². The Hall–Kier alpha value is -2.84. The van der Waals surface area contributed by atoms with E-state index in [-0.39, 0.29) is 12.6 Å². The van der Waals surface area contributed by atoms with Gasteiger partial charge in [0.15, 0.2) is 0 Å². The zero-order valence-corrected chi connectivity index (χ0v) is 18.7. The van der Waals surface area contributed by atoms with Crippen molar-refractivity contribution in [3.8, 4) is 10.4 Å². The molecule has 3 heterocycles. The highest BCUT2D eigenvalue weighted by Gasteiger charge is 2.16. The van der Waals surface area contributed by atoms with Gasteiger partial charge in [-0.25, -0.2) is 9.97 Å². The third kappa shape index (κ3) is 4.66. The first-order valence-corrected chi connectivity index (χ1v) is 11.8. The zero-order valence-electron chi connectivity index (χ0n) is 17.9. The number of piperazine rings is 1. The third-order valence-electron chi connectivity index (χ3n) is 5.86. The van der Waals surface area contributed by atoms with Gasteiger partial charge >= 0.3 is 0 Å². The lowest BCUT2D eigenvalue weighted by atomic mass is 10.1. The molecule has 1 aliphatic rings. The molecule has 164 valence electrons. The highest BCUT2D eigenvalue weighted by Crippen LogP contribution is 2.36. The van der Waals surface area contributed by atoms with E-state index >= 15 is 0 Å². The highest BCUT2D eigenvalue weighted by atomic mass is 32.1. The van der Waals surface area contributed by atoms with E-state index in [9.17, 15) is 5.11 Å². The van der Waals surface area contributed by atoms with Crippen LogP contribution in [-0.4, -0.2) is 52.8 Å². The smallest absolute Gasteiger partial charge is 0.148 e. The second kappa shape index (κ2) is 9.75. The Morgan fingerprint density at radius 1 is 1.03 bits per heavy atom. The summed E-state index contributed by atoms with van der Waals surface area (Å²) in [5.74, 6) is 0.754. The van der Waals surface area contributed by atoms with Crippen LogP contribution in [0.3, 0.4) is 0 Å². The predicted octanol–water partition coefficient (Wildman–Crippen LogP) is 3.91. The third-order valence-corrected chi connectivity index (χ3v) is 7.04. The Balaban J connectivity index is 1.37. The van der Waals surface area contributed by atoms with Gasteiger partial charge in [-0.1, -0.05) is 54.6 Å². The van der Waals surface area contributed by atoms with Crippen molar-refractivity contribution in [3.63, 3.8) is 0 Å². The average molecular weight is 446 g/mol. The van der Waals surface area contributed by atoms with Crippen molar-refractivity contribution in [1.82, 2.24) is 20.2 Å². The molecule has 1 saturated heterocycles. The number of aliphatic hydroxyl groups is 1. The van der Waals surface area contributed by atoms with Crippen LogP contribution in [0, 0.1) is 0 Å². The van der Waals surface area contributed by atoms with Gasteiger partial charge in [0.1, 0.15) is 12.1 Å². The molecular formula is C25H27N5OS. The van der Waals surface area contributed by atoms with Crippen LogP contribution in [0.1, 0.15) is 17.2 Å². The number of aromatic nitrogens is 2. The van der Waals surface area contributed by atoms with Gasteiger partial charge in [0.2, 0.25) is 0 Å². The molecule has 7 heteroatoms. The molecule has 32 heavy (non-hydrogen) atoms. The fourth-order valence-corrected chi connectivity index (χ4v) is 5.16. The molecule has 6 nitrogen and oxygen atoms in total. The molecule has 5 rings (SSSR count). The minimum atomic E-state index is -0.218. The maximum Gasteiger partial charge on any atom is 0.148 e. The Kier molecular flexibility index (Phi) is 6.41. The first-order valence-electron chi connectivity index (χ1n) is 11.0. The SMILES string of the molecule is OC[C@@H](Nc1ncnc2cc(-c3ccc(CN4CCNCC4)cc3)sc12)c1ccccc1. The molecule has 2 aromatic heterocycles. The molecule has 0 amide bonds. The minimum absolute atomic E-state index is 0.0116. The maximum absolute atomic E-state index is 9.93. The lowest BCUT2D eigenvalue weighted by Gasteiger charge is -2.27. The number of nitrogens with zero attached hydrogens (tertiary/aromatic N) is 3. The molecule has 0 unspecified atom stereocenters. The Bertz CT molecular complexity index is 1160. The second-order valence-corrected chi connectivity index (χ2v) is 9.11. The fraction of sp³-hybridized carbons (Fsp3) is 0.280. The van der Waals surface area contributed by atoms with Crippen molar-refractivity contribution in [2.45, 2.75) is 12.6 Å². The van der Waals surface area contributed by atoms with Crippen LogP contribution in [0.2, 0.25) is 0 Å². The van der Waals surface area contributed by atoms with E-state index < -0.39 is 0 Å². The summed E-state index contributed by atoms with van der Waals surface area (Å²) in [5, 5.41) is 16.7. The molecule has 0 bridgehead atoms. The van der Waals surface area contributed by atoms with Gasteiger partial charge in [-0.15, -0.1) is 11.3 Å². The largest absolute Gasteiger partial charge is 0.394 e. The van der Waals surface area contributed by atoms with Gasteiger partial charge in [-0.2, -0.15) is 0 Å². The van der Waals surface area contributed by atoms with E-state index in [0.717, 1.165) is 59.2 Å². The maximum atomic E-state index is 9.93. The summed E-state index contributed by atoms with van der Waals surface area (Å²) >= 11 is 1.68. The normalized spacial score (nSPS) is 15.7. The molecule has 0 radical (unpaired) electrons. The van der Waals surface area contributed by atoms with Crippen LogP contribution in [0.4, 0.5) is 5.82 Å². The zero-order chi connectivity index (χ0) is 21.8. The number of aliphatic hydroxyl groups excluding tert-OH is 1. The lowest BCUT2D eigenvalue weighted by molar-refractivity contribution is 0.233. The molecule has 3 N–H and O–H groups in total. The fourth-order valence-electron chi connectivity index (χ4n) is 4.09. The van der Waals surface area contributed by atoms with Crippen LogP contribution in [0.5, 0.6) is 0 Å². The molecule has 1 atom stereocenters. The number of thiophene rings is 1. The van der Waals surface area contributed by atoms with Gasteiger partial charge in [0.25, 0.3) is 0 Å². The first kappa shape index (κ1) is 21.0. The van der Waals surface area contributed by atoms with Gasteiger partial charge < -0.3 is 15.7 Å². The number of nitrogens with one attached hydrogen (secondary N) is 2. The van der Waals surface area contributed by atoms with Crippen LogP contribution in [-0.2, 0) is 6.54 Å². The summed E-state index contributed by atoms with van der Waals surface area (Å²) in [4.78, 5) is 12.6. The van der Waals surface area contributed by atoms with E-state index in [0.29, 0.717) is 0 Å². The van der Waals surface area contributed by atoms with Gasteiger partial charge in [0, 0.05) is 37.6 Å². The van der Waals surface area contributed by atoms with Crippen molar-refractivity contribution in [2.24, 2.45) is 0 Å². The molecule has 2 aromatic carbocycles. The van der Waals surface area contributed by atoms with Crippen molar-refractivity contribution in [1.29, 1.82) is 0 Å². The molecule has 4 aromatic rings. The van der Waals surface area contributed by atoms with E-state index in [2.05, 4.69) is 55.8 Å². The van der Waals surface area contributed by atoms with Gasteiger partial charge in [-0.3, -0.25) is 4.90 Å². The Labute approximate surface area is 192 Å². The summed E-state index contributed by atoms with van der Waals surface area (Å²) in [7, 11) is 0. The monoisotopic (exact) mass is 445 g/mol.